The van der Waals surface area contributed by atoms with Gasteiger partial charge in [0.1, 0.15) is 5.82 Å². The van der Waals surface area contributed by atoms with Gasteiger partial charge in [0.25, 0.3) is 5.91 Å². The lowest BCUT2D eigenvalue weighted by molar-refractivity contribution is 0.0953. The Morgan fingerprint density at radius 3 is 2.17 bits per heavy atom. The van der Waals surface area contributed by atoms with Gasteiger partial charge in [-0.15, -0.1) is 0 Å². The SMILES string of the molecule is NNC(=O)c1ccc(CN(C(=O)N2CCS(=O)(=O)CC2)c2ccc(F)cc2)cc1. The summed E-state index contributed by atoms with van der Waals surface area (Å²) in [6, 6.07) is 11.7. The molecule has 2 aromatic rings. The fraction of sp³-hybridized carbons (Fsp3) is 0.263. The van der Waals surface area contributed by atoms with E-state index in [4.69, 9.17) is 5.84 Å². The number of benzene rings is 2. The largest absolute Gasteiger partial charge is 0.324 e. The Kier molecular flexibility index (Phi) is 6.14. The molecule has 3 rings (SSSR count). The van der Waals surface area contributed by atoms with Crippen molar-refractivity contribution in [2.75, 3.05) is 29.5 Å². The number of nitrogens with zero attached hydrogens (tertiary/aromatic N) is 2. The molecule has 0 radical (unpaired) electrons. The highest BCUT2D eigenvalue weighted by Crippen LogP contribution is 2.21. The van der Waals surface area contributed by atoms with Crippen LogP contribution in [0.3, 0.4) is 0 Å². The van der Waals surface area contributed by atoms with Crippen molar-refractivity contribution in [3.63, 3.8) is 0 Å². The maximum absolute atomic E-state index is 13.3. The Morgan fingerprint density at radius 2 is 1.62 bits per heavy atom. The summed E-state index contributed by atoms with van der Waals surface area (Å²) in [6.45, 7) is 0.376. The van der Waals surface area contributed by atoms with E-state index >= 15 is 0 Å². The second kappa shape index (κ2) is 8.58. The normalized spacial score (nSPS) is 15.6. The van der Waals surface area contributed by atoms with E-state index in [0.717, 1.165) is 5.56 Å². The highest BCUT2D eigenvalue weighted by Gasteiger charge is 2.29. The zero-order valence-electron chi connectivity index (χ0n) is 15.5. The Bertz CT molecular complexity index is 980. The lowest BCUT2D eigenvalue weighted by Gasteiger charge is -2.33. The molecule has 10 heteroatoms. The number of anilines is 1. The summed E-state index contributed by atoms with van der Waals surface area (Å²) in [5.74, 6) is 4.09. The standard InChI is InChI=1S/C19H21FN4O4S/c20-16-5-7-17(8-6-16)24(19(26)23-9-11-29(27,28)12-10-23)13-14-1-3-15(4-2-14)18(25)22-21/h1-8H,9-13,21H2,(H,22,25). The number of amides is 3. The van der Waals surface area contributed by atoms with Crippen LogP contribution in [-0.2, 0) is 16.4 Å². The first-order valence-electron chi connectivity index (χ1n) is 8.91. The number of sulfone groups is 1. The molecular formula is C19H21FN4O4S. The first kappa shape index (κ1) is 20.7. The molecule has 1 aliphatic heterocycles. The van der Waals surface area contributed by atoms with Crippen LogP contribution in [0.25, 0.3) is 0 Å². The zero-order chi connectivity index (χ0) is 21.0. The van der Waals surface area contributed by atoms with Crippen LogP contribution < -0.4 is 16.2 Å². The van der Waals surface area contributed by atoms with Gasteiger partial charge in [-0.1, -0.05) is 12.1 Å². The summed E-state index contributed by atoms with van der Waals surface area (Å²) in [6.07, 6.45) is 0. The van der Waals surface area contributed by atoms with Crippen molar-refractivity contribution in [3.8, 4) is 0 Å². The van der Waals surface area contributed by atoms with Crippen LogP contribution in [0.15, 0.2) is 48.5 Å². The van der Waals surface area contributed by atoms with Crippen LogP contribution in [0.2, 0.25) is 0 Å². The van der Waals surface area contributed by atoms with Crippen LogP contribution in [0.1, 0.15) is 15.9 Å². The number of nitrogens with one attached hydrogen (secondary N) is 1. The fourth-order valence-corrected chi connectivity index (χ4v) is 4.19. The molecule has 1 fully saturated rings. The van der Waals surface area contributed by atoms with Crippen molar-refractivity contribution in [1.29, 1.82) is 0 Å². The van der Waals surface area contributed by atoms with E-state index in [9.17, 15) is 22.4 Å². The smallest absolute Gasteiger partial charge is 0.322 e. The van der Waals surface area contributed by atoms with Crippen LogP contribution in [0, 0.1) is 5.82 Å². The Balaban J connectivity index is 1.84. The third-order valence-corrected chi connectivity index (χ3v) is 6.28. The summed E-state index contributed by atoms with van der Waals surface area (Å²) >= 11 is 0. The van der Waals surface area contributed by atoms with Crippen molar-refractivity contribution < 1.29 is 22.4 Å². The average Bonchev–Trinajstić information content (AvgIpc) is 2.72. The first-order valence-corrected chi connectivity index (χ1v) is 10.7. The number of hydrazine groups is 1. The van der Waals surface area contributed by atoms with Gasteiger partial charge >= 0.3 is 6.03 Å². The second-order valence-corrected chi connectivity index (χ2v) is 8.96. The van der Waals surface area contributed by atoms with Crippen LogP contribution in [-0.4, -0.2) is 49.9 Å². The van der Waals surface area contributed by atoms with E-state index in [-0.39, 0.29) is 37.2 Å². The molecule has 29 heavy (non-hydrogen) atoms. The summed E-state index contributed by atoms with van der Waals surface area (Å²) in [4.78, 5) is 27.6. The van der Waals surface area contributed by atoms with Crippen molar-refractivity contribution in [1.82, 2.24) is 10.3 Å². The molecule has 3 N–H and O–H groups in total. The van der Waals surface area contributed by atoms with E-state index in [0.29, 0.717) is 11.3 Å². The summed E-state index contributed by atoms with van der Waals surface area (Å²) in [5.41, 5.74) is 3.64. The van der Waals surface area contributed by atoms with Gasteiger partial charge in [0.2, 0.25) is 0 Å². The maximum Gasteiger partial charge on any atom is 0.324 e. The van der Waals surface area contributed by atoms with Gasteiger partial charge in [0, 0.05) is 24.3 Å². The van der Waals surface area contributed by atoms with Gasteiger partial charge in [0.15, 0.2) is 9.84 Å². The van der Waals surface area contributed by atoms with Gasteiger partial charge in [0.05, 0.1) is 18.1 Å². The molecule has 1 heterocycles. The van der Waals surface area contributed by atoms with Crippen molar-refractivity contribution in [2.24, 2.45) is 5.84 Å². The molecule has 1 saturated heterocycles. The molecule has 1 aliphatic rings. The maximum atomic E-state index is 13.3. The van der Waals surface area contributed by atoms with E-state index in [2.05, 4.69) is 0 Å². The zero-order valence-corrected chi connectivity index (χ0v) is 16.4. The predicted octanol–water partition coefficient (Wildman–Crippen LogP) is 1.29. The monoisotopic (exact) mass is 420 g/mol. The molecule has 2 aromatic carbocycles. The molecule has 0 aliphatic carbocycles. The van der Waals surface area contributed by atoms with Crippen molar-refractivity contribution >= 4 is 27.5 Å². The number of carbonyl (C=O) groups is 2. The number of halogens is 1. The van der Waals surface area contributed by atoms with E-state index in [1.807, 2.05) is 5.43 Å². The molecular weight excluding hydrogens is 399 g/mol. The third-order valence-electron chi connectivity index (χ3n) is 4.67. The van der Waals surface area contributed by atoms with Crippen LogP contribution in [0.5, 0.6) is 0 Å². The molecule has 154 valence electrons. The molecule has 0 bridgehead atoms. The molecule has 0 saturated carbocycles. The Labute approximate surface area is 168 Å². The Hall–Kier alpha value is -2.98. The molecule has 8 nitrogen and oxygen atoms in total. The van der Waals surface area contributed by atoms with E-state index in [1.54, 1.807) is 24.3 Å². The molecule has 0 unspecified atom stereocenters. The summed E-state index contributed by atoms with van der Waals surface area (Å²) in [5, 5.41) is 0. The highest BCUT2D eigenvalue weighted by atomic mass is 32.2. The predicted molar refractivity (Wildman–Crippen MR) is 106 cm³/mol. The quantitative estimate of drug-likeness (QED) is 0.440. The minimum Gasteiger partial charge on any atom is -0.322 e. The second-order valence-electron chi connectivity index (χ2n) is 6.65. The van der Waals surface area contributed by atoms with Crippen molar-refractivity contribution in [3.05, 3.63) is 65.5 Å². The minimum atomic E-state index is -3.13. The molecule has 0 atom stereocenters. The lowest BCUT2D eigenvalue weighted by atomic mass is 10.1. The number of hydrogen-bond acceptors (Lipinski definition) is 5. The molecule has 3 amide bonds. The lowest BCUT2D eigenvalue weighted by Crippen LogP contribution is -2.49. The molecule has 0 spiro atoms. The van der Waals surface area contributed by atoms with Crippen LogP contribution >= 0.6 is 0 Å². The van der Waals surface area contributed by atoms with Gasteiger partial charge in [-0.25, -0.2) is 23.4 Å². The third kappa shape index (κ3) is 5.09. The van der Waals surface area contributed by atoms with E-state index < -0.39 is 21.6 Å². The fourth-order valence-electron chi connectivity index (χ4n) is 2.99. The highest BCUT2D eigenvalue weighted by molar-refractivity contribution is 7.91. The van der Waals surface area contributed by atoms with E-state index in [1.165, 1.54) is 34.1 Å². The number of rotatable bonds is 4. The number of carbonyl (C=O) groups excluding carboxylic acids is 2. The minimum absolute atomic E-state index is 0.0844. The van der Waals surface area contributed by atoms with Gasteiger partial charge < -0.3 is 4.90 Å². The van der Waals surface area contributed by atoms with Crippen molar-refractivity contribution in [2.45, 2.75) is 6.54 Å². The Morgan fingerprint density at radius 1 is 1.03 bits per heavy atom. The number of nitrogens with two attached hydrogens (primary N) is 1. The van der Waals surface area contributed by atoms with Crippen LogP contribution in [0.4, 0.5) is 14.9 Å². The summed E-state index contributed by atoms with van der Waals surface area (Å²) < 4.78 is 36.7. The summed E-state index contributed by atoms with van der Waals surface area (Å²) in [7, 11) is -3.13. The van der Waals surface area contributed by atoms with Gasteiger partial charge in [-0.05, 0) is 42.0 Å². The number of nitrogen functional groups attached to an aromatic ring is 1. The first-order chi connectivity index (χ1) is 13.8. The molecule has 0 aromatic heterocycles. The van der Waals surface area contributed by atoms with Gasteiger partial charge in [-0.2, -0.15) is 0 Å². The topological polar surface area (TPSA) is 113 Å². The number of urea groups is 1. The average molecular weight is 420 g/mol. The number of hydrogen-bond donors (Lipinski definition) is 2. The van der Waals surface area contributed by atoms with Gasteiger partial charge in [-0.3, -0.25) is 15.1 Å².